The van der Waals surface area contributed by atoms with Gasteiger partial charge in [0.15, 0.2) is 0 Å². The van der Waals surface area contributed by atoms with Gasteiger partial charge in [-0.25, -0.2) is 0 Å². The summed E-state index contributed by atoms with van der Waals surface area (Å²) in [7, 11) is 0. The van der Waals surface area contributed by atoms with Crippen LogP contribution in [0.15, 0.2) is 0 Å². The van der Waals surface area contributed by atoms with Gasteiger partial charge in [0.25, 0.3) is 0 Å². The third-order valence-electron chi connectivity index (χ3n) is 6.24. The van der Waals surface area contributed by atoms with Crippen molar-refractivity contribution in [2.24, 2.45) is 23.7 Å². The smallest absolute Gasteiger partial charge is 0.306 e. The molecule has 2 N–H and O–H groups in total. The maximum atomic E-state index is 11.6. The maximum Gasteiger partial charge on any atom is 0.306 e. The van der Waals surface area contributed by atoms with Crippen LogP contribution in [0.3, 0.4) is 0 Å². The summed E-state index contributed by atoms with van der Waals surface area (Å²) in [6, 6.07) is 0. The summed E-state index contributed by atoms with van der Waals surface area (Å²) in [6.07, 6.45) is 11.2. The van der Waals surface area contributed by atoms with E-state index in [0.717, 1.165) is 51.4 Å². The second-order valence-corrected chi connectivity index (χ2v) is 8.56. The quantitative estimate of drug-likeness (QED) is 0.225. The van der Waals surface area contributed by atoms with E-state index >= 15 is 0 Å². The Kier molecular flexibility index (Phi) is 17.1. The van der Waals surface area contributed by atoms with Crippen molar-refractivity contribution in [1.82, 2.24) is 0 Å². The summed E-state index contributed by atoms with van der Waals surface area (Å²) in [5.74, 6) is -1.30. The fourth-order valence-corrected chi connectivity index (χ4v) is 4.01. The summed E-state index contributed by atoms with van der Waals surface area (Å²) in [6.45, 7) is 9.36. The van der Waals surface area contributed by atoms with Gasteiger partial charge in [0.05, 0.1) is 11.8 Å². The maximum absolute atomic E-state index is 11.6. The summed E-state index contributed by atoms with van der Waals surface area (Å²) in [5.41, 5.74) is 0. The first-order valence-electron chi connectivity index (χ1n) is 11.9. The minimum absolute atomic E-state index is 0.370. The average molecular weight is 415 g/mol. The lowest BCUT2D eigenvalue weighted by atomic mass is 9.87. The van der Waals surface area contributed by atoms with Gasteiger partial charge in [-0.1, -0.05) is 79.1 Å². The first kappa shape index (κ1) is 27.9. The SMILES string of the molecule is CCCCC(CC)CC(CCOCCC(CC(CC)CCCC)C(=O)O)C(=O)O. The van der Waals surface area contributed by atoms with E-state index < -0.39 is 11.9 Å². The van der Waals surface area contributed by atoms with Gasteiger partial charge in [-0.2, -0.15) is 0 Å². The van der Waals surface area contributed by atoms with Crippen molar-refractivity contribution >= 4 is 11.9 Å². The van der Waals surface area contributed by atoms with Crippen molar-refractivity contribution in [2.45, 2.75) is 105 Å². The zero-order chi connectivity index (χ0) is 22.1. The van der Waals surface area contributed by atoms with Gasteiger partial charge in [0.2, 0.25) is 0 Å². The van der Waals surface area contributed by atoms with Crippen LogP contribution in [0.2, 0.25) is 0 Å². The average Bonchev–Trinajstić information content (AvgIpc) is 2.70. The van der Waals surface area contributed by atoms with Gasteiger partial charge in [-0.15, -0.1) is 0 Å². The van der Waals surface area contributed by atoms with Gasteiger partial charge >= 0.3 is 11.9 Å². The Balaban J connectivity index is 4.34. The summed E-state index contributed by atoms with van der Waals surface area (Å²) >= 11 is 0. The van der Waals surface area contributed by atoms with Gasteiger partial charge in [0.1, 0.15) is 0 Å². The van der Waals surface area contributed by atoms with Crippen molar-refractivity contribution in [2.75, 3.05) is 13.2 Å². The lowest BCUT2D eigenvalue weighted by Crippen LogP contribution is -2.22. The highest BCUT2D eigenvalue weighted by molar-refractivity contribution is 5.70. The van der Waals surface area contributed by atoms with E-state index in [1.165, 1.54) is 0 Å². The van der Waals surface area contributed by atoms with Crippen LogP contribution in [0.4, 0.5) is 0 Å². The number of unbranched alkanes of at least 4 members (excludes halogenated alkanes) is 2. The Labute approximate surface area is 178 Å². The Morgan fingerprint density at radius 1 is 0.690 bits per heavy atom. The van der Waals surface area contributed by atoms with E-state index in [2.05, 4.69) is 27.7 Å². The Bertz CT molecular complexity index is 385. The standard InChI is InChI=1S/C24H46O5/c1-5-9-11-19(7-3)17-21(23(25)26)13-15-29-16-14-22(24(27)28)18-20(8-4)12-10-6-2/h19-22H,5-18H2,1-4H3,(H,25,26)(H,27,28). The normalized spacial score (nSPS) is 15.6. The Hall–Kier alpha value is -1.10. The van der Waals surface area contributed by atoms with Gasteiger partial charge in [-0.05, 0) is 37.5 Å². The molecule has 0 saturated carbocycles. The third kappa shape index (κ3) is 13.7. The molecule has 0 saturated heterocycles. The van der Waals surface area contributed by atoms with Crippen LogP contribution in [0.5, 0.6) is 0 Å². The molecule has 0 heterocycles. The van der Waals surface area contributed by atoms with Crippen LogP contribution >= 0.6 is 0 Å². The molecule has 172 valence electrons. The molecule has 0 amide bonds. The van der Waals surface area contributed by atoms with Crippen molar-refractivity contribution in [3.8, 4) is 0 Å². The molecule has 4 unspecified atom stereocenters. The summed E-state index contributed by atoms with van der Waals surface area (Å²) in [5, 5.41) is 19.0. The van der Waals surface area contributed by atoms with Crippen LogP contribution in [0, 0.1) is 23.7 Å². The molecule has 5 nitrogen and oxygen atoms in total. The minimum Gasteiger partial charge on any atom is -0.481 e. The molecule has 0 rings (SSSR count). The predicted molar refractivity (Wildman–Crippen MR) is 118 cm³/mol. The lowest BCUT2D eigenvalue weighted by molar-refractivity contribution is -0.143. The molecule has 0 aromatic carbocycles. The monoisotopic (exact) mass is 414 g/mol. The van der Waals surface area contributed by atoms with Crippen LogP contribution in [0.25, 0.3) is 0 Å². The highest BCUT2D eigenvalue weighted by atomic mass is 16.5. The first-order valence-corrected chi connectivity index (χ1v) is 11.9. The lowest BCUT2D eigenvalue weighted by Gasteiger charge is -2.21. The molecule has 0 aliphatic rings. The molecule has 0 fully saturated rings. The predicted octanol–water partition coefficient (Wildman–Crippen LogP) is 6.40. The summed E-state index contributed by atoms with van der Waals surface area (Å²) in [4.78, 5) is 23.2. The number of carboxylic acid groups (broad SMARTS) is 2. The van der Waals surface area contributed by atoms with Gasteiger partial charge < -0.3 is 14.9 Å². The van der Waals surface area contributed by atoms with E-state index in [0.29, 0.717) is 50.7 Å². The van der Waals surface area contributed by atoms with E-state index in [9.17, 15) is 19.8 Å². The van der Waals surface area contributed by atoms with E-state index in [-0.39, 0.29) is 11.8 Å². The zero-order valence-corrected chi connectivity index (χ0v) is 19.3. The largest absolute Gasteiger partial charge is 0.481 e. The number of carboxylic acids is 2. The van der Waals surface area contributed by atoms with Crippen molar-refractivity contribution in [3.05, 3.63) is 0 Å². The van der Waals surface area contributed by atoms with Crippen LogP contribution in [-0.4, -0.2) is 35.4 Å². The second-order valence-electron chi connectivity index (χ2n) is 8.56. The first-order chi connectivity index (χ1) is 13.9. The molecule has 0 bridgehead atoms. The van der Waals surface area contributed by atoms with Gasteiger partial charge in [-0.3, -0.25) is 9.59 Å². The Morgan fingerprint density at radius 3 is 1.34 bits per heavy atom. The molecule has 29 heavy (non-hydrogen) atoms. The molecular weight excluding hydrogens is 368 g/mol. The minimum atomic E-state index is -0.742. The van der Waals surface area contributed by atoms with Crippen molar-refractivity contribution in [1.29, 1.82) is 0 Å². The van der Waals surface area contributed by atoms with Gasteiger partial charge in [0, 0.05) is 13.2 Å². The number of rotatable bonds is 20. The van der Waals surface area contributed by atoms with Crippen LogP contribution in [-0.2, 0) is 14.3 Å². The molecular formula is C24H46O5. The molecule has 0 aliphatic heterocycles. The van der Waals surface area contributed by atoms with Crippen molar-refractivity contribution < 1.29 is 24.5 Å². The molecule has 0 aromatic rings. The highest BCUT2D eigenvalue weighted by Gasteiger charge is 2.23. The van der Waals surface area contributed by atoms with E-state index in [4.69, 9.17) is 4.74 Å². The fraction of sp³-hybridized carbons (Fsp3) is 0.917. The molecule has 0 spiro atoms. The molecule has 0 radical (unpaired) electrons. The second kappa shape index (κ2) is 17.7. The van der Waals surface area contributed by atoms with Crippen molar-refractivity contribution in [3.63, 3.8) is 0 Å². The summed E-state index contributed by atoms with van der Waals surface area (Å²) < 4.78 is 5.66. The fourth-order valence-electron chi connectivity index (χ4n) is 4.01. The topological polar surface area (TPSA) is 83.8 Å². The third-order valence-corrected chi connectivity index (χ3v) is 6.24. The van der Waals surface area contributed by atoms with Crippen LogP contribution in [0.1, 0.15) is 105 Å². The number of ether oxygens (including phenoxy) is 1. The molecule has 0 aliphatic carbocycles. The van der Waals surface area contributed by atoms with Crippen LogP contribution < -0.4 is 0 Å². The number of aliphatic carboxylic acids is 2. The Morgan fingerprint density at radius 2 is 1.07 bits per heavy atom. The number of hydrogen-bond donors (Lipinski definition) is 2. The molecule has 5 heteroatoms. The van der Waals surface area contributed by atoms with E-state index in [1.54, 1.807) is 0 Å². The highest BCUT2D eigenvalue weighted by Crippen LogP contribution is 2.25. The number of carbonyl (C=O) groups is 2. The number of hydrogen-bond acceptors (Lipinski definition) is 3. The molecule has 0 aromatic heterocycles. The molecule has 4 atom stereocenters. The zero-order valence-electron chi connectivity index (χ0n) is 19.3. The van der Waals surface area contributed by atoms with E-state index in [1.807, 2.05) is 0 Å².